The number of anilines is 1. The van der Waals surface area contributed by atoms with Crippen molar-refractivity contribution in [1.82, 2.24) is 4.90 Å². The zero-order valence-electron chi connectivity index (χ0n) is 13.2. The smallest absolute Gasteiger partial charge is 0.0380 e. The van der Waals surface area contributed by atoms with Gasteiger partial charge in [0.1, 0.15) is 0 Å². The fourth-order valence-electron chi connectivity index (χ4n) is 3.75. The molecule has 0 spiro atoms. The molecule has 0 aromatic heterocycles. The summed E-state index contributed by atoms with van der Waals surface area (Å²) >= 11 is 3.71. The first-order chi connectivity index (χ1) is 10.2. The van der Waals surface area contributed by atoms with Gasteiger partial charge < -0.3 is 4.90 Å². The molecule has 2 aliphatic rings. The predicted octanol–water partition coefficient (Wildman–Crippen LogP) is 4.67. The molecule has 2 aliphatic heterocycles. The Labute approximate surface area is 137 Å². The highest BCUT2D eigenvalue weighted by molar-refractivity contribution is 9.10. The third-order valence-corrected chi connectivity index (χ3v) is 5.27. The van der Waals surface area contributed by atoms with E-state index in [1.165, 1.54) is 74.0 Å². The second kappa shape index (κ2) is 7.15. The van der Waals surface area contributed by atoms with Gasteiger partial charge in [-0.25, -0.2) is 0 Å². The van der Waals surface area contributed by atoms with E-state index in [9.17, 15) is 0 Å². The summed E-state index contributed by atoms with van der Waals surface area (Å²) in [7, 11) is 0. The van der Waals surface area contributed by atoms with Crippen LogP contribution in [0.15, 0.2) is 22.7 Å². The van der Waals surface area contributed by atoms with Crippen LogP contribution >= 0.6 is 15.9 Å². The van der Waals surface area contributed by atoms with Crippen molar-refractivity contribution in [3.05, 3.63) is 28.2 Å². The lowest BCUT2D eigenvalue weighted by Crippen LogP contribution is -2.34. The van der Waals surface area contributed by atoms with E-state index < -0.39 is 0 Å². The first-order valence-corrected chi connectivity index (χ1v) is 9.27. The topological polar surface area (TPSA) is 6.48 Å². The Morgan fingerprint density at radius 2 is 1.86 bits per heavy atom. The van der Waals surface area contributed by atoms with Gasteiger partial charge in [-0.05, 0) is 68.3 Å². The highest BCUT2D eigenvalue weighted by Gasteiger charge is 2.17. The van der Waals surface area contributed by atoms with Crippen molar-refractivity contribution in [2.24, 2.45) is 5.92 Å². The van der Waals surface area contributed by atoms with Gasteiger partial charge in [-0.15, -0.1) is 0 Å². The number of benzene rings is 1. The van der Waals surface area contributed by atoms with Crippen LogP contribution in [-0.4, -0.2) is 31.1 Å². The summed E-state index contributed by atoms with van der Waals surface area (Å²) in [6.07, 6.45) is 6.82. The quantitative estimate of drug-likeness (QED) is 0.781. The van der Waals surface area contributed by atoms with Crippen LogP contribution in [0.2, 0.25) is 0 Å². The van der Waals surface area contributed by atoms with Crippen LogP contribution in [0.25, 0.3) is 0 Å². The van der Waals surface area contributed by atoms with Crippen LogP contribution in [-0.2, 0) is 6.54 Å². The van der Waals surface area contributed by atoms with Gasteiger partial charge in [0.2, 0.25) is 0 Å². The molecule has 2 saturated heterocycles. The molecule has 2 fully saturated rings. The third kappa shape index (κ3) is 4.23. The molecule has 116 valence electrons. The molecule has 3 rings (SSSR count). The molecule has 0 amide bonds. The summed E-state index contributed by atoms with van der Waals surface area (Å²) in [5.74, 6) is 0.854. The highest BCUT2D eigenvalue weighted by Crippen LogP contribution is 2.27. The maximum absolute atomic E-state index is 3.71. The number of likely N-dealkylation sites (tertiary alicyclic amines) is 1. The van der Waals surface area contributed by atoms with Crippen molar-refractivity contribution in [2.45, 2.75) is 45.6 Å². The van der Waals surface area contributed by atoms with Crippen LogP contribution in [0.1, 0.15) is 44.6 Å². The number of halogens is 1. The van der Waals surface area contributed by atoms with E-state index in [0.29, 0.717) is 0 Å². The van der Waals surface area contributed by atoms with Gasteiger partial charge in [-0.1, -0.05) is 22.9 Å². The summed E-state index contributed by atoms with van der Waals surface area (Å²) in [4.78, 5) is 5.17. The number of hydrogen-bond donors (Lipinski definition) is 0. The minimum absolute atomic E-state index is 0.854. The molecule has 3 heteroatoms. The molecule has 2 heterocycles. The lowest BCUT2D eigenvalue weighted by atomic mass is 9.99. The molecule has 0 aliphatic carbocycles. The van der Waals surface area contributed by atoms with Crippen molar-refractivity contribution in [1.29, 1.82) is 0 Å². The molecule has 1 aromatic rings. The minimum Gasteiger partial charge on any atom is -0.371 e. The van der Waals surface area contributed by atoms with Gasteiger partial charge >= 0.3 is 0 Å². The summed E-state index contributed by atoms with van der Waals surface area (Å²) in [6.45, 7) is 8.44. The van der Waals surface area contributed by atoms with Gasteiger partial charge in [0.25, 0.3) is 0 Å². The molecular weight excluding hydrogens is 324 g/mol. The van der Waals surface area contributed by atoms with Crippen molar-refractivity contribution < 1.29 is 0 Å². The number of piperidine rings is 2. The van der Waals surface area contributed by atoms with E-state index in [1.54, 1.807) is 0 Å². The average Bonchev–Trinajstić information content (AvgIpc) is 2.47. The molecule has 0 N–H and O–H groups in total. The highest BCUT2D eigenvalue weighted by atomic mass is 79.9. The normalized spacial score (nSPS) is 24.3. The van der Waals surface area contributed by atoms with E-state index in [2.05, 4.69) is 50.9 Å². The molecule has 0 unspecified atom stereocenters. The van der Waals surface area contributed by atoms with E-state index in [-0.39, 0.29) is 0 Å². The van der Waals surface area contributed by atoms with Crippen LogP contribution in [0.5, 0.6) is 0 Å². The number of rotatable bonds is 3. The second-order valence-corrected chi connectivity index (χ2v) is 7.76. The van der Waals surface area contributed by atoms with E-state index in [4.69, 9.17) is 0 Å². The van der Waals surface area contributed by atoms with Crippen molar-refractivity contribution in [3.8, 4) is 0 Å². The summed E-state index contributed by atoms with van der Waals surface area (Å²) in [5.41, 5.74) is 2.86. The summed E-state index contributed by atoms with van der Waals surface area (Å²) in [6, 6.07) is 7.00. The largest absolute Gasteiger partial charge is 0.371 e. The van der Waals surface area contributed by atoms with Gasteiger partial charge in [0.15, 0.2) is 0 Å². The fourth-order valence-corrected chi connectivity index (χ4v) is 4.28. The molecule has 0 bridgehead atoms. The lowest BCUT2D eigenvalue weighted by molar-refractivity contribution is 0.176. The Morgan fingerprint density at radius 1 is 1.05 bits per heavy atom. The van der Waals surface area contributed by atoms with Gasteiger partial charge in [-0.2, -0.15) is 0 Å². The van der Waals surface area contributed by atoms with Crippen LogP contribution < -0.4 is 4.90 Å². The van der Waals surface area contributed by atoms with Crippen molar-refractivity contribution in [3.63, 3.8) is 0 Å². The lowest BCUT2D eigenvalue weighted by Gasteiger charge is -2.32. The Balaban J connectivity index is 1.71. The molecular formula is C18H27BrN2. The van der Waals surface area contributed by atoms with Gasteiger partial charge in [0.05, 0.1) is 0 Å². The van der Waals surface area contributed by atoms with Crippen molar-refractivity contribution in [2.75, 3.05) is 31.1 Å². The van der Waals surface area contributed by atoms with E-state index in [0.717, 1.165) is 12.5 Å². The third-order valence-electron chi connectivity index (χ3n) is 4.81. The molecule has 2 nitrogen and oxygen atoms in total. The zero-order valence-corrected chi connectivity index (χ0v) is 14.7. The maximum Gasteiger partial charge on any atom is 0.0380 e. The summed E-state index contributed by atoms with van der Waals surface area (Å²) < 4.78 is 1.23. The first-order valence-electron chi connectivity index (χ1n) is 8.47. The van der Waals surface area contributed by atoms with Gasteiger partial charge in [-0.3, -0.25) is 4.90 Å². The van der Waals surface area contributed by atoms with Crippen molar-refractivity contribution >= 4 is 21.6 Å². The van der Waals surface area contributed by atoms with Crippen LogP contribution in [0, 0.1) is 5.92 Å². The average molecular weight is 351 g/mol. The molecule has 0 saturated carbocycles. The van der Waals surface area contributed by atoms with E-state index >= 15 is 0 Å². The first kappa shape index (κ1) is 15.4. The predicted molar refractivity (Wildman–Crippen MR) is 93.9 cm³/mol. The Bertz CT molecular complexity index is 468. The molecule has 0 radical (unpaired) electrons. The van der Waals surface area contributed by atoms with Gasteiger partial charge in [0, 0.05) is 36.3 Å². The standard InChI is InChI=1S/C18H27BrN2/c1-15-6-5-7-20(13-15)14-16-10-17(19)12-18(11-16)21-8-3-2-4-9-21/h10-12,15H,2-9,13-14H2,1H3/t15-/m0/s1. The SMILES string of the molecule is C[C@H]1CCCN(Cc2cc(Br)cc(N3CCCCC3)c2)C1. The summed E-state index contributed by atoms with van der Waals surface area (Å²) in [5, 5.41) is 0. The Kier molecular flexibility index (Phi) is 5.23. The second-order valence-electron chi connectivity index (χ2n) is 6.85. The molecule has 21 heavy (non-hydrogen) atoms. The number of nitrogens with zero attached hydrogens (tertiary/aromatic N) is 2. The minimum atomic E-state index is 0.854. The zero-order chi connectivity index (χ0) is 14.7. The fraction of sp³-hybridized carbons (Fsp3) is 0.667. The van der Waals surface area contributed by atoms with Crippen LogP contribution in [0.3, 0.4) is 0 Å². The Morgan fingerprint density at radius 3 is 2.62 bits per heavy atom. The van der Waals surface area contributed by atoms with E-state index in [1.807, 2.05) is 0 Å². The van der Waals surface area contributed by atoms with Crippen LogP contribution in [0.4, 0.5) is 5.69 Å². The monoisotopic (exact) mass is 350 g/mol. The maximum atomic E-state index is 3.71. The molecule has 1 atom stereocenters. The number of hydrogen-bond acceptors (Lipinski definition) is 2. The Hall–Kier alpha value is -0.540. The molecule has 1 aromatic carbocycles.